The second-order valence-electron chi connectivity index (χ2n) is 4.17. The van der Waals surface area contributed by atoms with E-state index in [1.54, 1.807) is 0 Å². The van der Waals surface area contributed by atoms with Crippen LogP contribution >= 0.6 is 0 Å². The van der Waals surface area contributed by atoms with Crippen LogP contribution in [-0.2, 0) is 0 Å². The molecule has 0 spiro atoms. The third-order valence-electron chi connectivity index (χ3n) is 2.63. The lowest BCUT2D eigenvalue weighted by molar-refractivity contribution is 0.493. The SMILES string of the molecule is CCCC(CCC)Nc1cc(F)cc(F)c1F. The van der Waals surface area contributed by atoms with E-state index >= 15 is 0 Å². The summed E-state index contributed by atoms with van der Waals surface area (Å²) < 4.78 is 39.4. The fourth-order valence-electron chi connectivity index (χ4n) is 1.87. The molecular weight excluding hydrogens is 227 g/mol. The Morgan fingerprint density at radius 3 is 2.18 bits per heavy atom. The van der Waals surface area contributed by atoms with Crippen molar-refractivity contribution in [2.75, 3.05) is 5.32 Å². The molecule has 1 aromatic rings. The van der Waals surface area contributed by atoms with Crippen molar-refractivity contribution >= 4 is 5.69 Å². The van der Waals surface area contributed by atoms with Gasteiger partial charge in [0.2, 0.25) is 0 Å². The molecule has 0 saturated carbocycles. The van der Waals surface area contributed by atoms with Crippen LogP contribution in [0.2, 0.25) is 0 Å². The first-order valence-corrected chi connectivity index (χ1v) is 5.99. The molecule has 1 N–H and O–H groups in total. The number of halogens is 3. The Morgan fingerprint density at radius 2 is 1.65 bits per heavy atom. The Balaban J connectivity index is 2.84. The largest absolute Gasteiger partial charge is 0.380 e. The zero-order valence-corrected chi connectivity index (χ0v) is 10.2. The average molecular weight is 245 g/mol. The van der Waals surface area contributed by atoms with E-state index in [2.05, 4.69) is 5.32 Å². The van der Waals surface area contributed by atoms with Crippen LogP contribution in [0.1, 0.15) is 39.5 Å². The van der Waals surface area contributed by atoms with E-state index < -0.39 is 17.5 Å². The highest BCUT2D eigenvalue weighted by molar-refractivity contribution is 5.46. The molecule has 0 radical (unpaired) electrons. The first-order valence-electron chi connectivity index (χ1n) is 5.99. The van der Waals surface area contributed by atoms with Crippen molar-refractivity contribution in [2.24, 2.45) is 0 Å². The van der Waals surface area contributed by atoms with Crippen LogP contribution in [0.4, 0.5) is 18.9 Å². The summed E-state index contributed by atoms with van der Waals surface area (Å²) in [6, 6.07) is 1.60. The molecule has 0 amide bonds. The Bertz CT molecular complexity index is 360. The van der Waals surface area contributed by atoms with Crippen LogP contribution in [-0.4, -0.2) is 6.04 Å². The zero-order valence-electron chi connectivity index (χ0n) is 10.2. The zero-order chi connectivity index (χ0) is 12.8. The second kappa shape index (κ2) is 6.52. The molecule has 1 rings (SSSR count). The van der Waals surface area contributed by atoms with Crippen molar-refractivity contribution < 1.29 is 13.2 Å². The smallest absolute Gasteiger partial charge is 0.182 e. The number of rotatable bonds is 6. The van der Waals surface area contributed by atoms with Gasteiger partial charge in [0.1, 0.15) is 5.82 Å². The van der Waals surface area contributed by atoms with Gasteiger partial charge in [-0.05, 0) is 12.8 Å². The van der Waals surface area contributed by atoms with Crippen LogP contribution < -0.4 is 5.32 Å². The van der Waals surface area contributed by atoms with Crippen LogP contribution in [0.5, 0.6) is 0 Å². The van der Waals surface area contributed by atoms with Crippen molar-refractivity contribution in [2.45, 2.75) is 45.6 Å². The van der Waals surface area contributed by atoms with Gasteiger partial charge in [-0.2, -0.15) is 0 Å². The van der Waals surface area contributed by atoms with Crippen molar-refractivity contribution in [1.29, 1.82) is 0 Å². The van der Waals surface area contributed by atoms with E-state index in [0.29, 0.717) is 6.07 Å². The molecule has 0 aliphatic carbocycles. The van der Waals surface area contributed by atoms with Gasteiger partial charge in [-0.15, -0.1) is 0 Å². The molecule has 1 nitrogen and oxygen atoms in total. The highest BCUT2D eigenvalue weighted by atomic mass is 19.2. The molecule has 0 aliphatic rings. The molecule has 1 aromatic carbocycles. The first kappa shape index (κ1) is 13.9. The predicted molar refractivity (Wildman–Crippen MR) is 63.5 cm³/mol. The minimum atomic E-state index is -1.15. The van der Waals surface area contributed by atoms with Crippen LogP contribution in [0.25, 0.3) is 0 Å². The topological polar surface area (TPSA) is 12.0 Å². The maximum atomic E-state index is 13.4. The summed E-state index contributed by atoms with van der Waals surface area (Å²) in [6.07, 6.45) is 3.59. The van der Waals surface area contributed by atoms with E-state index in [1.807, 2.05) is 13.8 Å². The molecule has 0 bridgehead atoms. The molecule has 0 heterocycles. The monoisotopic (exact) mass is 245 g/mol. The molecule has 0 saturated heterocycles. The van der Waals surface area contributed by atoms with Gasteiger partial charge in [0.25, 0.3) is 0 Å². The van der Waals surface area contributed by atoms with Gasteiger partial charge in [0.15, 0.2) is 11.6 Å². The van der Waals surface area contributed by atoms with Crippen molar-refractivity contribution in [1.82, 2.24) is 0 Å². The first-order chi connectivity index (χ1) is 8.08. The summed E-state index contributed by atoms with van der Waals surface area (Å²) in [5.41, 5.74) is -0.0885. The fraction of sp³-hybridized carbons (Fsp3) is 0.538. The summed E-state index contributed by atoms with van der Waals surface area (Å²) in [7, 11) is 0. The summed E-state index contributed by atoms with van der Waals surface area (Å²) in [4.78, 5) is 0. The number of hydrogen-bond acceptors (Lipinski definition) is 1. The highest BCUT2D eigenvalue weighted by Gasteiger charge is 2.14. The van der Waals surface area contributed by atoms with Gasteiger partial charge in [0.05, 0.1) is 5.69 Å². The standard InChI is InChI=1S/C13H18F3N/c1-3-5-10(6-4-2)17-12-8-9(14)7-11(15)13(12)16/h7-8,10,17H,3-6H2,1-2H3. The summed E-state index contributed by atoms with van der Waals surface area (Å²) in [6.45, 7) is 4.04. The molecule has 0 atom stereocenters. The van der Waals surface area contributed by atoms with Crippen molar-refractivity contribution in [3.8, 4) is 0 Å². The molecule has 17 heavy (non-hydrogen) atoms. The number of hydrogen-bond donors (Lipinski definition) is 1. The second-order valence-corrected chi connectivity index (χ2v) is 4.17. The Morgan fingerprint density at radius 1 is 1.06 bits per heavy atom. The molecule has 0 unspecified atom stereocenters. The van der Waals surface area contributed by atoms with Crippen molar-refractivity contribution in [3.63, 3.8) is 0 Å². The average Bonchev–Trinajstić information content (AvgIpc) is 2.26. The molecule has 96 valence electrons. The Labute approximate surface area is 100 Å². The number of nitrogens with one attached hydrogen (secondary N) is 1. The lowest BCUT2D eigenvalue weighted by Gasteiger charge is -2.19. The van der Waals surface area contributed by atoms with E-state index in [9.17, 15) is 13.2 Å². The molecule has 0 aliphatic heterocycles. The summed E-state index contributed by atoms with van der Waals surface area (Å²) >= 11 is 0. The van der Waals surface area contributed by atoms with Crippen LogP contribution in [0.3, 0.4) is 0 Å². The van der Waals surface area contributed by atoms with Gasteiger partial charge in [-0.1, -0.05) is 26.7 Å². The predicted octanol–water partition coefficient (Wildman–Crippen LogP) is 4.48. The van der Waals surface area contributed by atoms with Gasteiger partial charge in [0, 0.05) is 18.2 Å². The highest BCUT2D eigenvalue weighted by Crippen LogP contribution is 2.21. The van der Waals surface area contributed by atoms with E-state index in [1.165, 1.54) is 0 Å². The summed E-state index contributed by atoms with van der Waals surface area (Å²) in [5.74, 6) is -2.93. The van der Waals surface area contributed by atoms with Gasteiger partial charge >= 0.3 is 0 Å². The molecular formula is C13H18F3N. The lowest BCUT2D eigenvalue weighted by atomic mass is 10.1. The Kier molecular flexibility index (Phi) is 5.32. The number of benzene rings is 1. The maximum absolute atomic E-state index is 13.4. The minimum Gasteiger partial charge on any atom is -0.380 e. The Hall–Kier alpha value is -1.19. The molecule has 0 fully saturated rings. The van der Waals surface area contributed by atoms with Crippen LogP contribution in [0, 0.1) is 17.5 Å². The van der Waals surface area contributed by atoms with E-state index in [0.717, 1.165) is 31.7 Å². The third-order valence-corrected chi connectivity index (χ3v) is 2.63. The van der Waals surface area contributed by atoms with E-state index in [4.69, 9.17) is 0 Å². The maximum Gasteiger partial charge on any atom is 0.182 e. The number of anilines is 1. The van der Waals surface area contributed by atoms with Gasteiger partial charge < -0.3 is 5.32 Å². The normalized spacial score (nSPS) is 10.9. The molecule has 4 heteroatoms. The molecule has 0 aromatic heterocycles. The minimum absolute atomic E-state index is 0.0562. The lowest BCUT2D eigenvalue weighted by Crippen LogP contribution is -2.20. The van der Waals surface area contributed by atoms with Crippen molar-refractivity contribution in [3.05, 3.63) is 29.6 Å². The third kappa shape index (κ3) is 3.95. The summed E-state index contributed by atoms with van der Waals surface area (Å²) in [5, 5.41) is 2.88. The van der Waals surface area contributed by atoms with E-state index in [-0.39, 0.29) is 11.7 Å². The van der Waals surface area contributed by atoms with Crippen LogP contribution in [0.15, 0.2) is 12.1 Å². The van der Waals surface area contributed by atoms with Gasteiger partial charge in [-0.3, -0.25) is 0 Å². The fourth-order valence-corrected chi connectivity index (χ4v) is 1.87. The quantitative estimate of drug-likeness (QED) is 0.728. The van der Waals surface area contributed by atoms with Gasteiger partial charge in [-0.25, -0.2) is 13.2 Å².